The molecular formula is C27H27ClN2O4. The van der Waals surface area contributed by atoms with E-state index in [1.807, 2.05) is 48.5 Å². The lowest BCUT2D eigenvalue weighted by atomic mass is 9.96. The molecule has 7 heteroatoms. The molecule has 0 radical (unpaired) electrons. The van der Waals surface area contributed by atoms with E-state index in [9.17, 15) is 9.59 Å². The van der Waals surface area contributed by atoms with Crippen LogP contribution in [0, 0.1) is 0 Å². The van der Waals surface area contributed by atoms with E-state index in [-0.39, 0.29) is 5.78 Å². The van der Waals surface area contributed by atoms with Crippen molar-refractivity contribution in [3.05, 3.63) is 94.0 Å². The first-order chi connectivity index (χ1) is 16.5. The summed E-state index contributed by atoms with van der Waals surface area (Å²) >= 11 is 6.06. The number of benzene rings is 3. The molecule has 0 aromatic heterocycles. The number of ether oxygens (including phenoxy) is 2. The van der Waals surface area contributed by atoms with Gasteiger partial charge in [0.1, 0.15) is 5.75 Å². The molecule has 0 N–H and O–H groups in total. The van der Waals surface area contributed by atoms with Gasteiger partial charge in [-0.1, -0.05) is 29.8 Å². The van der Waals surface area contributed by atoms with E-state index in [1.165, 1.54) is 7.11 Å². The van der Waals surface area contributed by atoms with Gasteiger partial charge in [-0.25, -0.2) is 4.79 Å². The number of methoxy groups -OCH3 is 2. The summed E-state index contributed by atoms with van der Waals surface area (Å²) < 4.78 is 10.1. The van der Waals surface area contributed by atoms with E-state index in [1.54, 1.807) is 25.3 Å². The number of hydrogen-bond acceptors (Lipinski definition) is 6. The molecule has 0 aliphatic carbocycles. The highest BCUT2D eigenvalue weighted by Crippen LogP contribution is 2.24. The fourth-order valence-electron chi connectivity index (χ4n) is 4.15. The number of halogens is 1. The first-order valence-electron chi connectivity index (χ1n) is 11.1. The average Bonchev–Trinajstić information content (AvgIpc) is 2.87. The van der Waals surface area contributed by atoms with Gasteiger partial charge in [0.15, 0.2) is 5.78 Å². The van der Waals surface area contributed by atoms with Crippen molar-refractivity contribution in [3.63, 3.8) is 0 Å². The van der Waals surface area contributed by atoms with Gasteiger partial charge in [0.05, 0.1) is 26.3 Å². The van der Waals surface area contributed by atoms with Crippen molar-refractivity contribution in [2.75, 3.05) is 38.8 Å². The quantitative estimate of drug-likeness (QED) is 0.432. The molecule has 6 nitrogen and oxygen atoms in total. The van der Waals surface area contributed by atoms with Gasteiger partial charge in [-0.05, 0) is 59.7 Å². The van der Waals surface area contributed by atoms with Crippen LogP contribution in [0.1, 0.15) is 31.8 Å². The van der Waals surface area contributed by atoms with E-state index in [0.29, 0.717) is 48.9 Å². The minimum Gasteiger partial charge on any atom is -0.497 e. The van der Waals surface area contributed by atoms with Crippen LogP contribution in [-0.4, -0.2) is 50.5 Å². The maximum atomic E-state index is 12.8. The van der Waals surface area contributed by atoms with Gasteiger partial charge < -0.3 is 14.4 Å². The van der Waals surface area contributed by atoms with E-state index >= 15 is 0 Å². The van der Waals surface area contributed by atoms with Crippen molar-refractivity contribution in [2.45, 2.75) is 13.1 Å². The molecule has 0 atom stereocenters. The second kappa shape index (κ2) is 10.7. The van der Waals surface area contributed by atoms with E-state index in [4.69, 9.17) is 21.1 Å². The van der Waals surface area contributed by atoms with Crippen molar-refractivity contribution in [1.82, 2.24) is 4.90 Å². The van der Waals surface area contributed by atoms with Crippen LogP contribution in [0.25, 0.3) is 0 Å². The Morgan fingerprint density at radius 1 is 1.00 bits per heavy atom. The zero-order valence-corrected chi connectivity index (χ0v) is 20.0. The maximum Gasteiger partial charge on any atom is 0.337 e. The largest absolute Gasteiger partial charge is 0.497 e. The Labute approximate surface area is 204 Å². The highest BCUT2D eigenvalue weighted by atomic mass is 35.5. The minimum atomic E-state index is -0.402. The second-order valence-electron chi connectivity index (χ2n) is 8.24. The number of ketones is 1. The molecule has 1 aliphatic heterocycles. The summed E-state index contributed by atoms with van der Waals surface area (Å²) in [6.45, 7) is 3.06. The van der Waals surface area contributed by atoms with Crippen LogP contribution in [0.3, 0.4) is 0 Å². The summed E-state index contributed by atoms with van der Waals surface area (Å²) in [5.74, 6) is 0.460. The molecule has 1 heterocycles. The van der Waals surface area contributed by atoms with E-state index < -0.39 is 5.97 Å². The van der Waals surface area contributed by atoms with Crippen LogP contribution in [0.2, 0.25) is 5.02 Å². The number of carbonyl (C=O) groups is 2. The predicted octanol–water partition coefficient (Wildman–Crippen LogP) is 4.84. The number of rotatable bonds is 8. The summed E-state index contributed by atoms with van der Waals surface area (Å²) in [6, 6.07) is 20.9. The van der Waals surface area contributed by atoms with Crippen molar-refractivity contribution in [2.24, 2.45) is 0 Å². The molecule has 4 rings (SSSR count). The smallest absolute Gasteiger partial charge is 0.337 e. The molecule has 0 spiro atoms. The van der Waals surface area contributed by atoms with Gasteiger partial charge in [-0.2, -0.15) is 0 Å². The van der Waals surface area contributed by atoms with Crippen LogP contribution in [0.15, 0.2) is 66.7 Å². The third-order valence-corrected chi connectivity index (χ3v) is 6.25. The molecular weight excluding hydrogens is 452 g/mol. The lowest BCUT2D eigenvalue weighted by Crippen LogP contribution is -2.40. The van der Waals surface area contributed by atoms with Crippen LogP contribution in [0.4, 0.5) is 5.69 Å². The summed E-state index contributed by atoms with van der Waals surface area (Å²) in [6.07, 6.45) is 0. The summed E-state index contributed by atoms with van der Waals surface area (Å²) in [5, 5.41) is 0.705. The number of fused-ring (bicyclic) bond motifs is 1. The van der Waals surface area contributed by atoms with Gasteiger partial charge in [0.2, 0.25) is 0 Å². The SMILES string of the molecule is COC(=O)c1ccc2c(c1)CN(CCN(Cc1ccc(Cl)cc1)c1ccc(OC)cc1)CC2=O. The van der Waals surface area contributed by atoms with Crippen LogP contribution in [-0.2, 0) is 17.8 Å². The molecule has 34 heavy (non-hydrogen) atoms. The first kappa shape index (κ1) is 23.8. The van der Waals surface area contributed by atoms with Crippen LogP contribution >= 0.6 is 11.6 Å². The van der Waals surface area contributed by atoms with Crippen LogP contribution < -0.4 is 9.64 Å². The minimum absolute atomic E-state index is 0.0614. The summed E-state index contributed by atoms with van der Waals surface area (Å²) in [7, 11) is 3.00. The molecule has 0 unspecified atom stereocenters. The standard InChI is InChI=1S/C27H27ClN2O4/c1-33-24-10-8-23(9-11-24)30(16-19-3-6-22(28)7-4-19)14-13-29-17-21-15-20(27(32)34-2)5-12-25(21)26(31)18-29/h3-12,15H,13-14,16-18H2,1-2H3. The molecule has 0 amide bonds. The molecule has 0 fully saturated rings. The van der Waals surface area contributed by atoms with Crippen molar-refractivity contribution >= 4 is 29.0 Å². The zero-order valence-electron chi connectivity index (χ0n) is 19.3. The Kier molecular flexibility index (Phi) is 7.50. The van der Waals surface area contributed by atoms with Gasteiger partial charge in [0.25, 0.3) is 0 Å². The van der Waals surface area contributed by atoms with E-state index in [2.05, 4.69) is 9.80 Å². The van der Waals surface area contributed by atoms with Gasteiger partial charge >= 0.3 is 5.97 Å². The topological polar surface area (TPSA) is 59.1 Å². The molecule has 0 saturated heterocycles. The molecule has 1 aliphatic rings. The number of Topliss-reactive ketones (excluding diaryl/α,β-unsaturated/α-hetero) is 1. The Morgan fingerprint density at radius 2 is 1.74 bits per heavy atom. The highest BCUT2D eigenvalue weighted by Gasteiger charge is 2.24. The first-order valence-corrected chi connectivity index (χ1v) is 11.4. The number of carbonyl (C=O) groups excluding carboxylic acids is 2. The summed E-state index contributed by atoms with van der Waals surface area (Å²) in [4.78, 5) is 29.1. The lowest BCUT2D eigenvalue weighted by Gasteiger charge is -2.32. The van der Waals surface area contributed by atoms with Crippen molar-refractivity contribution in [1.29, 1.82) is 0 Å². The van der Waals surface area contributed by atoms with Gasteiger partial charge in [-0.3, -0.25) is 9.69 Å². The van der Waals surface area contributed by atoms with Gasteiger partial charge in [-0.15, -0.1) is 0 Å². The lowest BCUT2D eigenvalue weighted by molar-refractivity contribution is 0.0599. The Balaban J connectivity index is 1.50. The number of hydrogen-bond donors (Lipinski definition) is 0. The highest BCUT2D eigenvalue weighted by molar-refractivity contribution is 6.30. The maximum absolute atomic E-state index is 12.8. The molecule has 0 saturated carbocycles. The number of nitrogens with zero attached hydrogens (tertiary/aromatic N) is 2. The van der Waals surface area contributed by atoms with Gasteiger partial charge in [0, 0.05) is 42.5 Å². The Bertz CT molecular complexity index is 1160. The molecule has 3 aromatic carbocycles. The normalized spacial score (nSPS) is 13.3. The monoisotopic (exact) mass is 478 g/mol. The average molecular weight is 479 g/mol. The van der Waals surface area contributed by atoms with E-state index in [0.717, 1.165) is 22.6 Å². The summed E-state index contributed by atoms with van der Waals surface area (Å²) in [5.41, 5.74) is 4.19. The zero-order chi connectivity index (χ0) is 24.1. The molecule has 176 valence electrons. The third-order valence-electron chi connectivity index (χ3n) is 6.00. The van der Waals surface area contributed by atoms with Crippen molar-refractivity contribution < 1.29 is 19.1 Å². The fourth-order valence-corrected chi connectivity index (χ4v) is 4.28. The third kappa shape index (κ3) is 5.58. The predicted molar refractivity (Wildman–Crippen MR) is 133 cm³/mol. The Hall–Kier alpha value is -3.35. The number of anilines is 1. The number of esters is 1. The van der Waals surface area contributed by atoms with Crippen molar-refractivity contribution in [3.8, 4) is 5.75 Å². The fraction of sp³-hybridized carbons (Fsp3) is 0.259. The molecule has 3 aromatic rings. The Morgan fingerprint density at radius 3 is 2.41 bits per heavy atom. The molecule has 0 bridgehead atoms. The van der Waals surface area contributed by atoms with Crippen LogP contribution in [0.5, 0.6) is 5.75 Å². The second-order valence-corrected chi connectivity index (χ2v) is 8.68.